The van der Waals surface area contributed by atoms with Crippen molar-refractivity contribution in [3.63, 3.8) is 0 Å². The molecule has 53 heavy (non-hydrogen) atoms. The molecule has 7 nitrogen and oxygen atoms in total. The van der Waals surface area contributed by atoms with Crippen LogP contribution in [0.1, 0.15) is 232 Å². The van der Waals surface area contributed by atoms with Crippen molar-refractivity contribution in [3.05, 3.63) is 24.3 Å². The van der Waals surface area contributed by atoms with Gasteiger partial charge in [-0.2, -0.15) is 0 Å². The number of rotatable bonds is 41. The molecule has 0 aromatic carbocycles. The van der Waals surface area contributed by atoms with Gasteiger partial charge in [0.05, 0.1) is 0 Å². The Balaban J connectivity index is 4.33. The Hall–Kier alpha value is -2.15. The predicted octanol–water partition coefficient (Wildman–Crippen LogP) is 12.8. The van der Waals surface area contributed by atoms with Crippen LogP contribution in [0.2, 0.25) is 0 Å². The van der Waals surface area contributed by atoms with E-state index in [1.165, 1.54) is 116 Å². The summed E-state index contributed by atoms with van der Waals surface area (Å²) in [4.78, 5) is 36.4. The number of ether oxygens (including phenoxy) is 1. The Morgan fingerprint density at radius 1 is 0.547 bits per heavy atom. The number of amides is 1. The Bertz CT molecular complexity index is 889. The van der Waals surface area contributed by atoms with Gasteiger partial charge < -0.3 is 20.9 Å². The van der Waals surface area contributed by atoms with Crippen molar-refractivity contribution in [1.82, 2.24) is 5.32 Å². The first-order chi connectivity index (χ1) is 25.9. The molecule has 2 atom stereocenters. The van der Waals surface area contributed by atoms with Crippen LogP contribution in [0.15, 0.2) is 24.3 Å². The third-order valence-electron chi connectivity index (χ3n) is 10.3. The highest BCUT2D eigenvalue weighted by molar-refractivity contribution is 5.83. The number of carbonyl (C=O) groups is 3. The first-order valence-electron chi connectivity index (χ1n) is 22.7. The molecule has 0 aliphatic carbocycles. The van der Waals surface area contributed by atoms with E-state index in [0.717, 1.165) is 77.0 Å². The average Bonchev–Trinajstić information content (AvgIpc) is 3.14. The number of unbranched alkanes of at least 4 members (excludes halogenated alkanes) is 23. The fraction of sp³-hybridized carbons (Fsp3) is 0.848. The third-order valence-corrected chi connectivity index (χ3v) is 10.3. The smallest absolute Gasteiger partial charge is 0.326 e. The highest BCUT2D eigenvalue weighted by Crippen LogP contribution is 2.19. The molecule has 7 heteroatoms. The summed E-state index contributed by atoms with van der Waals surface area (Å²) in [6.07, 6.45) is 46.5. The van der Waals surface area contributed by atoms with Gasteiger partial charge in [0.1, 0.15) is 12.1 Å². The van der Waals surface area contributed by atoms with Crippen LogP contribution in [0, 0.1) is 0 Å². The lowest BCUT2D eigenvalue weighted by Crippen LogP contribution is -2.40. The van der Waals surface area contributed by atoms with Gasteiger partial charge in [-0.05, 0) is 83.6 Å². The van der Waals surface area contributed by atoms with Crippen molar-refractivity contribution in [2.45, 2.75) is 244 Å². The third kappa shape index (κ3) is 37.9. The van der Waals surface area contributed by atoms with Crippen LogP contribution in [0.3, 0.4) is 0 Å². The van der Waals surface area contributed by atoms with Crippen molar-refractivity contribution in [3.8, 4) is 0 Å². The van der Waals surface area contributed by atoms with E-state index >= 15 is 0 Å². The number of hydrogen-bond donors (Lipinski definition) is 3. The second-order valence-electron chi connectivity index (χ2n) is 15.5. The lowest BCUT2D eigenvalue weighted by Gasteiger charge is -2.18. The fourth-order valence-electron chi connectivity index (χ4n) is 6.82. The zero-order valence-electron chi connectivity index (χ0n) is 34.9. The van der Waals surface area contributed by atoms with Gasteiger partial charge in [-0.15, -0.1) is 0 Å². The zero-order chi connectivity index (χ0) is 38.9. The van der Waals surface area contributed by atoms with Crippen LogP contribution >= 0.6 is 0 Å². The quantitative estimate of drug-likeness (QED) is 0.0325. The summed E-state index contributed by atoms with van der Waals surface area (Å²) in [5.41, 5.74) is 5.49. The number of carbonyl (C=O) groups excluding carboxylic acids is 2. The van der Waals surface area contributed by atoms with Crippen molar-refractivity contribution in [2.24, 2.45) is 5.73 Å². The van der Waals surface area contributed by atoms with E-state index in [0.29, 0.717) is 32.2 Å². The molecule has 0 saturated heterocycles. The molecule has 0 spiro atoms. The summed E-state index contributed by atoms with van der Waals surface area (Å²) in [6.45, 7) is 4.92. The summed E-state index contributed by atoms with van der Waals surface area (Å²) >= 11 is 0. The predicted molar refractivity (Wildman–Crippen MR) is 225 cm³/mol. The van der Waals surface area contributed by atoms with Gasteiger partial charge in [0.15, 0.2) is 0 Å². The zero-order valence-corrected chi connectivity index (χ0v) is 34.9. The molecule has 0 saturated carbocycles. The summed E-state index contributed by atoms with van der Waals surface area (Å²) in [5.74, 6) is -1.23. The molecule has 2 unspecified atom stereocenters. The molecule has 0 heterocycles. The Morgan fingerprint density at radius 2 is 1.00 bits per heavy atom. The number of nitrogens with one attached hydrogen (secondary N) is 1. The molecular formula is C46H86N2O5. The lowest BCUT2D eigenvalue weighted by molar-refractivity contribution is -0.150. The number of carboxylic acids is 1. The minimum absolute atomic E-state index is 0.00994. The Morgan fingerprint density at radius 3 is 1.51 bits per heavy atom. The first kappa shape index (κ1) is 50.9. The molecule has 0 radical (unpaired) electrons. The standard InChI is InChI=1S/C46H86N2O5/c1-3-5-7-9-11-13-15-17-19-21-23-25-30-34-40-45(50)53-42(36-31-27-24-22-20-18-16-14-12-10-8-6-4-2)37-32-28-26-29-33-39-44(49)48-43(46(51)52)38-35-41-47/h9,11,15,17,42-43H,3-8,10,12-14,16,18-41,47H2,1-2H3,(H,48,49)(H,51,52)/b11-9-,17-15-. The van der Waals surface area contributed by atoms with Gasteiger partial charge in [0.25, 0.3) is 0 Å². The molecule has 0 bridgehead atoms. The summed E-state index contributed by atoms with van der Waals surface area (Å²) in [5, 5.41) is 11.9. The largest absolute Gasteiger partial charge is 0.480 e. The number of hydrogen-bond acceptors (Lipinski definition) is 5. The molecule has 0 aromatic heterocycles. The first-order valence-corrected chi connectivity index (χ1v) is 22.7. The van der Waals surface area contributed by atoms with Crippen molar-refractivity contribution in [2.75, 3.05) is 6.54 Å². The minimum atomic E-state index is -1.00. The number of aliphatic carboxylic acids is 1. The van der Waals surface area contributed by atoms with Crippen molar-refractivity contribution >= 4 is 17.8 Å². The highest BCUT2D eigenvalue weighted by Gasteiger charge is 2.19. The van der Waals surface area contributed by atoms with Crippen LogP contribution in [0.4, 0.5) is 0 Å². The van der Waals surface area contributed by atoms with Crippen LogP contribution < -0.4 is 11.1 Å². The molecule has 0 aromatic rings. The average molecular weight is 747 g/mol. The molecule has 0 aliphatic heterocycles. The second-order valence-corrected chi connectivity index (χ2v) is 15.5. The van der Waals surface area contributed by atoms with Crippen molar-refractivity contribution < 1.29 is 24.2 Å². The minimum Gasteiger partial charge on any atom is -0.480 e. The van der Waals surface area contributed by atoms with Gasteiger partial charge in [0, 0.05) is 12.8 Å². The number of nitrogens with two attached hydrogens (primary N) is 1. The Labute approximate surface area is 327 Å². The second kappa shape index (κ2) is 41.0. The molecule has 4 N–H and O–H groups in total. The van der Waals surface area contributed by atoms with Gasteiger partial charge in [0.2, 0.25) is 5.91 Å². The van der Waals surface area contributed by atoms with Gasteiger partial charge in [-0.3, -0.25) is 9.59 Å². The SMILES string of the molecule is CCCC/C=C\C/C=C\CCCCCCCC(=O)OC(CCCCCCCCCCCCCCC)CCCCCCCC(=O)NC(CCCN)C(=O)O. The number of allylic oxidation sites excluding steroid dienone is 4. The molecule has 1 amide bonds. The number of carboxylic acid groups (broad SMARTS) is 1. The van der Waals surface area contributed by atoms with Gasteiger partial charge >= 0.3 is 11.9 Å². The molecular weight excluding hydrogens is 661 g/mol. The van der Waals surface area contributed by atoms with Crippen LogP contribution in [-0.2, 0) is 19.1 Å². The van der Waals surface area contributed by atoms with Crippen LogP contribution in [0.5, 0.6) is 0 Å². The summed E-state index contributed by atoms with van der Waals surface area (Å²) in [7, 11) is 0. The van der Waals surface area contributed by atoms with Crippen molar-refractivity contribution in [1.29, 1.82) is 0 Å². The van der Waals surface area contributed by atoms with E-state index in [4.69, 9.17) is 10.5 Å². The maximum atomic E-state index is 12.8. The molecule has 0 rings (SSSR count). The van der Waals surface area contributed by atoms with E-state index in [9.17, 15) is 19.5 Å². The fourth-order valence-corrected chi connectivity index (χ4v) is 6.82. The Kier molecular flexibility index (Phi) is 39.4. The summed E-state index contributed by atoms with van der Waals surface area (Å²) in [6, 6.07) is -0.856. The van der Waals surface area contributed by atoms with E-state index < -0.39 is 12.0 Å². The molecule has 0 fully saturated rings. The lowest BCUT2D eigenvalue weighted by atomic mass is 10.0. The van der Waals surface area contributed by atoms with E-state index in [-0.39, 0.29) is 18.0 Å². The maximum Gasteiger partial charge on any atom is 0.326 e. The van der Waals surface area contributed by atoms with E-state index in [1.807, 2.05) is 0 Å². The van der Waals surface area contributed by atoms with Crippen LogP contribution in [0.25, 0.3) is 0 Å². The van der Waals surface area contributed by atoms with Gasteiger partial charge in [-0.25, -0.2) is 4.79 Å². The topological polar surface area (TPSA) is 119 Å². The molecule has 310 valence electrons. The number of esters is 1. The van der Waals surface area contributed by atoms with E-state index in [2.05, 4.69) is 43.5 Å². The maximum absolute atomic E-state index is 12.8. The monoisotopic (exact) mass is 747 g/mol. The van der Waals surface area contributed by atoms with Crippen LogP contribution in [-0.4, -0.2) is 41.6 Å². The molecule has 0 aliphatic rings. The van der Waals surface area contributed by atoms with E-state index in [1.54, 1.807) is 0 Å². The summed E-state index contributed by atoms with van der Waals surface area (Å²) < 4.78 is 6.05. The highest BCUT2D eigenvalue weighted by atomic mass is 16.5. The normalized spacial score (nSPS) is 12.8. The van der Waals surface area contributed by atoms with Gasteiger partial charge in [-0.1, -0.05) is 167 Å².